The lowest BCUT2D eigenvalue weighted by Crippen LogP contribution is -2.34. The van der Waals surface area contributed by atoms with E-state index in [1.165, 1.54) is 30.6 Å². The standard InChI is InChI=1S/C21H17ClF7N5O2/c1-33-19(16(36-9-15(23)24)17(32-33)20(25,26)21(27,28)29)34-8-11(7-30-34)10-2-5-14(22)13(6-10)18(35)31-12-3-4-12/h2,5-8,12,15H,3-4,9H2,1H3,(H,31,35). The first-order valence-electron chi connectivity index (χ1n) is 10.4. The van der Waals surface area contributed by atoms with E-state index in [0.29, 0.717) is 15.8 Å². The second-order valence-electron chi connectivity index (χ2n) is 8.02. The van der Waals surface area contributed by atoms with Crippen molar-refractivity contribution in [1.82, 2.24) is 24.9 Å². The van der Waals surface area contributed by atoms with Gasteiger partial charge < -0.3 is 10.1 Å². The van der Waals surface area contributed by atoms with Crippen LogP contribution in [0.5, 0.6) is 5.75 Å². The van der Waals surface area contributed by atoms with Gasteiger partial charge in [0.2, 0.25) is 0 Å². The van der Waals surface area contributed by atoms with Crippen LogP contribution < -0.4 is 10.1 Å². The van der Waals surface area contributed by atoms with Crippen molar-refractivity contribution in [2.75, 3.05) is 6.61 Å². The molecule has 36 heavy (non-hydrogen) atoms. The molecule has 3 aromatic rings. The van der Waals surface area contributed by atoms with Gasteiger partial charge in [0.15, 0.2) is 17.3 Å². The summed E-state index contributed by atoms with van der Waals surface area (Å²) in [7, 11) is 1.03. The molecule has 1 N–H and O–H groups in total. The molecule has 0 unspecified atom stereocenters. The average Bonchev–Trinajstić information content (AvgIpc) is 3.34. The van der Waals surface area contributed by atoms with Gasteiger partial charge >= 0.3 is 12.1 Å². The Bertz CT molecular complexity index is 1280. The second-order valence-corrected chi connectivity index (χ2v) is 8.42. The number of rotatable bonds is 8. The van der Waals surface area contributed by atoms with Gasteiger partial charge in [0, 0.05) is 24.8 Å². The average molecular weight is 540 g/mol. The largest absolute Gasteiger partial charge is 0.482 e. The number of nitrogens with zero attached hydrogens (tertiary/aromatic N) is 4. The molecule has 1 aliphatic rings. The van der Waals surface area contributed by atoms with Crippen molar-refractivity contribution in [2.24, 2.45) is 7.05 Å². The van der Waals surface area contributed by atoms with Gasteiger partial charge in [-0.05, 0) is 30.5 Å². The van der Waals surface area contributed by atoms with Gasteiger partial charge in [0.25, 0.3) is 12.3 Å². The number of carbonyl (C=O) groups is 1. The molecule has 1 saturated carbocycles. The number of benzene rings is 1. The van der Waals surface area contributed by atoms with E-state index in [9.17, 15) is 35.5 Å². The Balaban J connectivity index is 1.74. The zero-order chi connectivity index (χ0) is 26.4. The number of hydrogen-bond donors (Lipinski definition) is 1. The fourth-order valence-corrected chi connectivity index (χ4v) is 3.53. The third kappa shape index (κ3) is 4.99. The lowest BCUT2D eigenvalue weighted by atomic mass is 10.1. The number of nitrogens with one attached hydrogen (secondary N) is 1. The van der Waals surface area contributed by atoms with Crippen LogP contribution in [0, 0.1) is 0 Å². The molecule has 0 spiro atoms. The maximum absolute atomic E-state index is 14.1. The third-order valence-electron chi connectivity index (χ3n) is 5.24. The first kappa shape index (κ1) is 25.8. The number of hydrogen-bond acceptors (Lipinski definition) is 4. The predicted octanol–water partition coefficient (Wildman–Crippen LogP) is 5.12. The highest BCUT2D eigenvalue weighted by atomic mass is 35.5. The number of aryl methyl sites for hydroxylation is 1. The van der Waals surface area contributed by atoms with Crippen LogP contribution in [0.3, 0.4) is 0 Å². The number of carbonyl (C=O) groups excluding carboxylic acids is 1. The molecule has 15 heteroatoms. The van der Waals surface area contributed by atoms with Crippen LogP contribution in [0.25, 0.3) is 16.9 Å². The lowest BCUT2D eigenvalue weighted by molar-refractivity contribution is -0.291. The topological polar surface area (TPSA) is 74.0 Å². The molecule has 194 valence electrons. The minimum Gasteiger partial charge on any atom is -0.482 e. The highest BCUT2D eigenvalue weighted by Crippen LogP contribution is 2.48. The number of aromatic nitrogens is 4. The molecule has 1 amide bonds. The Morgan fingerprint density at radius 2 is 1.92 bits per heavy atom. The quantitative estimate of drug-likeness (QED) is 0.404. The fourth-order valence-electron chi connectivity index (χ4n) is 3.32. The van der Waals surface area contributed by atoms with E-state index in [2.05, 4.69) is 20.3 Å². The summed E-state index contributed by atoms with van der Waals surface area (Å²) < 4.78 is 98.9. The zero-order valence-corrected chi connectivity index (χ0v) is 19.0. The Morgan fingerprint density at radius 3 is 2.53 bits per heavy atom. The predicted molar refractivity (Wildman–Crippen MR) is 113 cm³/mol. The highest BCUT2D eigenvalue weighted by Gasteiger charge is 2.62. The molecule has 0 radical (unpaired) electrons. The molecule has 0 saturated heterocycles. The first-order valence-corrected chi connectivity index (χ1v) is 10.8. The van der Waals surface area contributed by atoms with Crippen LogP contribution in [0.1, 0.15) is 28.9 Å². The summed E-state index contributed by atoms with van der Waals surface area (Å²) in [5, 5.41) is 10.1. The van der Waals surface area contributed by atoms with E-state index in [1.54, 1.807) is 0 Å². The molecule has 2 heterocycles. The van der Waals surface area contributed by atoms with Gasteiger partial charge in [0.1, 0.15) is 6.61 Å². The molecule has 0 aliphatic heterocycles. The molecule has 4 rings (SSSR count). The van der Waals surface area contributed by atoms with Crippen LogP contribution in [0.4, 0.5) is 30.7 Å². The van der Waals surface area contributed by atoms with Gasteiger partial charge in [0.05, 0.1) is 16.8 Å². The van der Waals surface area contributed by atoms with Gasteiger partial charge in [-0.25, -0.2) is 18.1 Å². The Hall–Kier alpha value is -3.29. The van der Waals surface area contributed by atoms with Crippen LogP contribution in [0.2, 0.25) is 5.02 Å². The van der Waals surface area contributed by atoms with Crippen LogP contribution in [-0.4, -0.2) is 50.7 Å². The van der Waals surface area contributed by atoms with Gasteiger partial charge in [-0.2, -0.15) is 32.1 Å². The van der Waals surface area contributed by atoms with Crippen molar-refractivity contribution in [1.29, 1.82) is 0 Å². The third-order valence-corrected chi connectivity index (χ3v) is 5.57. The van der Waals surface area contributed by atoms with Gasteiger partial charge in [-0.1, -0.05) is 17.7 Å². The van der Waals surface area contributed by atoms with Crippen molar-refractivity contribution < 1.29 is 40.3 Å². The Morgan fingerprint density at radius 1 is 1.22 bits per heavy atom. The number of amides is 1. The fraction of sp³-hybridized carbons (Fsp3) is 0.381. The maximum atomic E-state index is 14.1. The summed E-state index contributed by atoms with van der Waals surface area (Å²) in [6.45, 7) is -1.45. The number of halogens is 8. The number of alkyl halides is 7. The van der Waals surface area contributed by atoms with Crippen molar-refractivity contribution in [3.05, 3.63) is 46.9 Å². The van der Waals surface area contributed by atoms with Gasteiger partial charge in [-0.3, -0.25) is 4.79 Å². The lowest BCUT2D eigenvalue weighted by Gasteiger charge is -2.18. The molecule has 1 aliphatic carbocycles. The molecule has 2 aromatic heterocycles. The highest BCUT2D eigenvalue weighted by molar-refractivity contribution is 6.34. The second kappa shape index (κ2) is 9.30. The van der Waals surface area contributed by atoms with Crippen molar-refractivity contribution in [2.45, 2.75) is 37.4 Å². The SMILES string of the molecule is Cn1nc(C(F)(F)C(F)(F)F)c(OCC(F)F)c1-n1cc(-c2ccc(Cl)c(C(=O)NC3CC3)c2)cn1. The molecule has 0 atom stereocenters. The normalized spacial score (nSPS) is 14.4. The summed E-state index contributed by atoms with van der Waals surface area (Å²) in [4.78, 5) is 12.5. The minimum atomic E-state index is -6.06. The molecular weight excluding hydrogens is 523 g/mol. The first-order chi connectivity index (χ1) is 16.8. The van der Waals surface area contributed by atoms with Gasteiger partial charge in [-0.15, -0.1) is 0 Å². The summed E-state index contributed by atoms with van der Waals surface area (Å²) in [5.74, 6) is -7.63. The van der Waals surface area contributed by atoms with E-state index >= 15 is 0 Å². The van der Waals surface area contributed by atoms with Crippen LogP contribution in [0.15, 0.2) is 30.6 Å². The monoisotopic (exact) mass is 539 g/mol. The van der Waals surface area contributed by atoms with Crippen LogP contribution >= 0.6 is 11.6 Å². The summed E-state index contributed by atoms with van der Waals surface area (Å²) in [6.07, 6.45) is -5.05. The van der Waals surface area contributed by atoms with E-state index < -0.39 is 48.3 Å². The van der Waals surface area contributed by atoms with Crippen molar-refractivity contribution in [3.8, 4) is 22.7 Å². The Kier molecular flexibility index (Phi) is 6.66. The molecule has 7 nitrogen and oxygen atoms in total. The van der Waals surface area contributed by atoms with E-state index in [1.807, 2.05) is 0 Å². The molecule has 0 bridgehead atoms. The number of ether oxygens (including phenoxy) is 1. The van der Waals surface area contributed by atoms with Crippen molar-refractivity contribution >= 4 is 17.5 Å². The van der Waals surface area contributed by atoms with E-state index in [4.69, 9.17) is 11.6 Å². The molecule has 1 fully saturated rings. The zero-order valence-electron chi connectivity index (χ0n) is 18.3. The van der Waals surface area contributed by atoms with E-state index in [0.717, 1.165) is 24.6 Å². The molecule has 1 aromatic carbocycles. The van der Waals surface area contributed by atoms with Crippen LogP contribution in [-0.2, 0) is 13.0 Å². The Labute approximate surface area is 203 Å². The summed E-state index contributed by atoms with van der Waals surface area (Å²) in [6, 6.07) is 4.53. The van der Waals surface area contributed by atoms with E-state index in [-0.39, 0.29) is 16.6 Å². The summed E-state index contributed by atoms with van der Waals surface area (Å²) >= 11 is 6.13. The minimum absolute atomic E-state index is 0.0699. The smallest absolute Gasteiger partial charge is 0.459 e. The maximum Gasteiger partial charge on any atom is 0.459 e. The summed E-state index contributed by atoms with van der Waals surface area (Å²) in [5.41, 5.74) is -0.972. The van der Waals surface area contributed by atoms with Crippen molar-refractivity contribution in [3.63, 3.8) is 0 Å². The molecular formula is C21H17ClF7N5O2.